The van der Waals surface area contributed by atoms with Gasteiger partial charge < -0.3 is 20.7 Å². The second-order valence-corrected chi connectivity index (χ2v) is 7.03. The van der Waals surface area contributed by atoms with Crippen molar-refractivity contribution in [3.8, 4) is 0 Å². The van der Waals surface area contributed by atoms with Crippen molar-refractivity contribution in [1.29, 1.82) is 0 Å². The topological polar surface area (TPSA) is 114 Å². The van der Waals surface area contributed by atoms with Crippen molar-refractivity contribution in [1.82, 2.24) is 5.32 Å². The van der Waals surface area contributed by atoms with E-state index in [1.807, 2.05) is 13.8 Å². The van der Waals surface area contributed by atoms with Gasteiger partial charge in [-0.1, -0.05) is 26.0 Å². The Balaban J connectivity index is 1.92. The number of hydrogen-bond donors (Lipinski definition) is 3. The zero-order valence-corrected chi connectivity index (χ0v) is 17.2. The molecule has 0 atom stereocenters. The van der Waals surface area contributed by atoms with Crippen LogP contribution in [0.3, 0.4) is 0 Å². The summed E-state index contributed by atoms with van der Waals surface area (Å²) in [5.74, 6) is -1.47. The molecule has 2 rings (SSSR count). The van der Waals surface area contributed by atoms with E-state index in [0.717, 1.165) is 0 Å². The fraction of sp³-hybridized carbons (Fsp3) is 0.273. The number of anilines is 2. The Morgan fingerprint density at radius 2 is 1.60 bits per heavy atom. The molecule has 0 heterocycles. The molecule has 8 nitrogen and oxygen atoms in total. The molecule has 0 fully saturated rings. The Morgan fingerprint density at radius 1 is 0.933 bits per heavy atom. The van der Waals surface area contributed by atoms with E-state index in [4.69, 9.17) is 4.74 Å². The first-order valence-electron chi connectivity index (χ1n) is 9.48. The largest absolute Gasteiger partial charge is 0.452 e. The number of benzene rings is 2. The van der Waals surface area contributed by atoms with Crippen molar-refractivity contribution >= 4 is 35.1 Å². The molecule has 0 aliphatic carbocycles. The van der Waals surface area contributed by atoms with Crippen LogP contribution in [0.1, 0.15) is 41.5 Å². The summed E-state index contributed by atoms with van der Waals surface area (Å²) in [7, 11) is 0. The highest BCUT2D eigenvalue weighted by molar-refractivity contribution is 6.04. The number of hydrogen-bond acceptors (Lipinski definition) is 5. The molecule has 0 radical (unpaired) electrons. The summed E-state index contributed by atoms with van der Waals surface area (Å²) < 4.78 is 5.02. The number of nitrogens with one attached hydrogen (secondary N) is 3. The summed E-state index contributed by atoms with van der Waals surface area (Å²) in [6, 6.07) is 12.7. The van der Waals surface area contributed by atoms with Crippen molar-refractivity contribution in [2.24, 2.45) is 5.92 Å². The molecule has 0 spiro atoms. The SMILES string of the molecule is CC(=O)Nc1ccc(C(=O)OCC(=O)Nc2ccccc2C(=O)NCC(C)C)cc1. The minimum atomic E-state index is -0.678. The summed E-state index contributed by atoms with van der Waals surface area (Å²) >= 11 is 0. The highest BCUT2D eigenvalue weighted by Crippen LogP contribution is 2.15. The first-order valence-corrected chi connectivity index (χ1v) is 9.48. The average Bonchev–Trinajstić information content (AvgIpc) is 2.70. The molecule has 0 unspecified atom stereocenters. The third-order valence-electron chi connectivity index (χ3n) is 3.89. The standard InChI is InChI=1S/C22H25N3O5/c1-14(2)12-23-21(28)18-6-4-5-7-19(18)25-20(27)13-30-22(29)16-8-10-17(11-9-16)24-15(3)26/h4-11,14H,12-13H2,1-3H3,(H,23,28)(H,24,26)(H,25,27). The molecule has 0 saturated carbocycles. The molecule has 3 N–H and O–H groups in total. The first-order chi connectivity index (χ1) is 14.3. The quantitative estimate of drug-likeness (QED) is 0.578. The van der Waals surface area contributed by atoms with Crippen molar-refractivity contribution in [2.75, 3.05) is 23.8 Å². The van der Waals surface area contributed by atoms with Crippen molar-refractivity contribution < 1.29 is 23.9 Å². The van der Waals surface area contributed by atoms with E-state index in [-0.39, 0.29) is 17.4 Å². The number of ether oxygens (including phenoxy) is 1. The predicted octanol–water partition coefficient (Wildman–Crippen LogP) is 2.83. The maximum absolute atomic E-state index is 12.3. The smallest absolute Gasteiger partial charge is 0.338 e. The van der Waals surface area contributed by atoms with Gasteiger partial charge in [0.2, 0.25) is 5.91 Å². The third-order valence-corrected chi connectivity index (χ3v) is 3.89. The highest BCUT2D eigenvalue weighted by Gasteiger charge is 2.15. The van der Waals surface area contributed by atoms with Crippen molar-refractivity contribution in [3.05, 3.63) is 59.7 Å². The lowest BCUT2D eigenvalue weighted by Crippen LogP contribution is -2.29. The minimum absolute atomic E-state index is 0.222. The molecule has 0 aliphatic rings. The van der Waals surface area contributed by atoms with Crippen LogP contribution < -0.4 is 16.0 Å². The lowest BCUT2D eigenvalue weighted by molar-refractivity contribution is -0.119. The van der Waals surface area contributed by atoms with Gasteiger partial charge in [0.25, 0.3) is 11.8 Å². The van der Waals surface area contributed by atoms with Crippen LogP contribution in [0.15, 0.2) is 48.5 Å². The van der Waals surface area contributed by atoms with E-state index in [9.17, 15) is 19.2 Å². The van der Waals surface area contributed by atoms with E-state index >= 15 is 0 Å². The average molecular weight is 411 g/mol. The van der Waals surface area contributed by atoms with Crippen LogP contribution in [-0.2, 0) is 14.3 Å². The second-order valence-electron chi connectivity index (χ2n) is 7.03. The molecule has 2 aromatic rings. The maximum atomic E-state index is 12.3. The molecule has 30 heavy (non-hydrogen) atoms. The summed E-state index contributed by atoms with van der Waals surface area (Å²) in [5, 5.41) is 7.98. The Labute approximate surface area is 175 Å². The fourth-order valence-electron chi connectivity index (χ4n) is 2.48. The summed E-state index contributed by atoms with van der Waals surface area (Å²) in [4.78, 5) is 47.6. The number of carbonyl (C=O) groups excluding carboxylic acids is 4. The Kier molecular flexibility index (Phi) is 8.10. The highest BCUT2D eigenvalue weighted by atomic mass is 16.5. The van der Waals surface area contributed by atoms with Gasteiger partial charge in [0.1, 0.15) is 0 Å². The maximum Gasteiger partial charge on any atom is 0.338 e. The number of esters is 1. The molecular formula is C22H25N3O5. The monoisotopic (exact) mass is 411 g/mol. The van der Waals surface area contributed by atoms with Crippen molar-refractivity contribution in [2.45, 2.75) is 20.8 Å². The summed E-state index contributed by atoms with van der Waals surface area (Å²) in [5.41, 5.74) is 1.44. The van der Waals surface area contributed by atoms with Crippen LogP contribution in [0.4, 0.5) is 11.4 Å². The van der Waals surface area contributed by atoms with Crippen LogP contribution in [-0.4, -0.2) is 36.8 Å². The number of carbonyl (C=O) groups is 4. The lowest BCUT2D eigenvalue weighted by atomic mass is 10.1. The van der Waals surface area contributed by atoms with E-state index in [0.29, 0.717) is 29.4 Å². The molecule has 3 amide bonds. The second kappa shape index (κ2) is 10.8. The zero-order chi connectivity index (χ0) is 22.1. The molecule has 8 heteroatoms. The molecule has 158 valence electrons. The molecule has 0 bridgehead atoms. The Hall–Kier alpha value is -3.68. The van der Waals surface area contributed by atoms with Gasteiger partial charge in [-0.2, -0.15) is 0 Å². The Morgan fingerprint density at radius 3 is 2.23 bits per heavy atom. The Bertz CT molecular complexity index is 923. The van der Waals surface area contributed by atoms with Gasteiger partial charge >= 0.3 is 5.97 Å². The first kappa shape index (κ1) is 22.6. The van der Waals surface area contributed by atoms with Gasteiger partial charge in [0.05, 0.1) is 16.8 Å². The van der Waals surface area contributed by atoms with E-state index < -0.39 is 18.5 Å². The van der Waals surface area contributed by atoms with Crippen LogP contribution in [0.25, 0.3) is 0 Å². The number of para-hydroxylation sites is 1. The van der Waals surface area contributed by atoms with Crippen LogP contribution in [0.5, 0.6) is 0 Å². The minimum Gasteiger partial charge on any atom is -0.452 e. The molecule has 2 aromatic carbocycles. The normalized spacial score (nSPS) is 10.3. The van der Waals surface area contributed by atoms with Gasteiger partial charge in [0.15, 0.2) is 6.61 Å². The van der Waals surface area contributed by atoms with E-state index in [1.54, 1.807) is 36.4 Å². The van der Waals surface area contributed by atoms with Gasteiger partial charge in [-0.15, -0.1) is 0 Å². The van der Waals surface area contributed by atoms with Gasteiger partial charge in [-0.25, -0.2) is 4.79 Å². The summed E-state index contributed by atoms with van der Waals surface area (Å²) in [6.07, 6.45) is 0. The van der Waals surface area contributed by atoms with Gasteiger partial charge in [0, 0.05) is 19.2 Å². The molecular weight excluding hydrogens is 386 g/mol. The van der Waals surface area contributed by atoms with E-state index in [1.165, 1.54) is 19.1 Å². The van der Waals surface area contributed by atoms with Crippen LogP contribution in [0.2, 0.25) is 0 Å². The lowest BCUT2D eigenvalue weighted by Gasteiger charge is -2.12. The van der Waals surface area contributed by atoms with Crippen molar-refractivity contribution in [3.63, 3.8) is 0 Å². The molecule has 0 saturated heterocycles. The number of rotatable bonds is 8. The zero-order valence-electron chi connectivity index (χ0n) is 17.2. The summed E-state index contributed by atoms with van der Waals surface area (Å²) in [6.45, 7) is 5.35. The number of amides is 3. The van der Waals surface area contributed by atoms with E-state index in [2.05, 4.69) is 16.0 Å². The van der Waals surface area contributed by atoms with Gasteiger partial charge in [-0.3, -0.25) is 14.4 Å². The predicted molar refractivity (Wildman–Crippen MR) is 113 cm³/mol. The third kappa shape index (κ3) is 7.05. The van der Waals surface area contributed by atoms with Crippen LogP contribution in [0, 0.1) is 5.92 Å². The molecule has 0 aliphatic heterocycles. The van der Waals surface area contributed by atoms with Gasteiger partial charge in [-0.05, 0) is 42.3 Å². The fourth-order valence-corrected chi connectivity index (χ4v) is 2.48. The van der Waals surface area contributed by atoms with Crippen LogP contribution >= 0.6 is 0 Å². The molecule has 0 aromatic heterocycles.